The molecule has 0 spiro atoms. The molecule has 1 heterocycles. The molecule has 0 N–H and O–H groups in total. The van der Waals surface area contributed by atoms with Gasteiger partial charge in [-0.15, -0.1) is 0 Å². The molecular formula is C14H15NO2. The van der Waals surface area contributed by atoms with Gasteiger partial charge in [0, 0.05) is 12.0 Å². The molecule has 1 aromatic heterocycles. The zero-order valence-electron chi connectivity index (χ0n) is 10.0. The van der Waals surface area contributed by atoms with Crippen LogP contribution in [0.1, 0.15) is 30.5 Å². The van der Waals surface area contributed by atoms with Gasteiger partial charge >= 0.3 is 0 Å². The minimum absolute atomic E-state index is 0.257. The molecule has 0 radical (unpaired) electrons. The van der Waals surface area contributed by atoms with Crippen LogP contribution in [0.25, 0.3) is 11.5 Å². The molecule has 0 amide bonds. The third-order valence-electron chi connectivity index (χ3n) is 2.80. The minimum Gasteiger partial charge on any atom is -0.444 e. The number of oxazole rings is 1. The van der Waals surface area contributed by atoms with E-state index >= 15 is 0 Å². The second-order valence-electron chi connectivity index (χ2n) is 4.22. The van der Waals surface area contributed by atoms with Crippen molar-refractivity contribution in [3.05, 3.63) is 41.8 Å². The van der Waals surface area contributed by atoms with E-state index in [1.165, 1.54) is 0 Å². The topological polar surface area (TPSA) is 43.1 Å². The predicted molar refractivity (Wildman–Crippen MR) is 65.8 cm³/mol. The first-order valence-corrected chi connectivity index (χ1v) is 5.67. The Morgan fingerprint density at radius 1 is 1.35 bits per heavy atom. The Labute approximate surface area is 100 Å². The number of carbonyl (C=O) groups is 1. The van der Waals surface area contributed by atoms with Gasteiger partial charge in [0.15, 0.2) is 0 Å². The van der Waals surface area contributed by atoms with Crippen molar-refractivity contribution < 1.29 is 9.21 Å². The van der Waals surface area contributed by atoms with Crippen LogP contribution in [0.4, 0.5) is 0 Å². The highest BCUT2D eigenvalue weighted by Crippen LogP contribution is 2.23. The van der Waals surface area contributed by atoms with Gasteiger partial charge in [-0.05, 0) is 30.5 Å². The molecule has 1 atom stereocenters. The molecule has 0 fully saturated rings. The number of aryl methyl sites for hydroxylation is 1. The fraction of sp³-hybridized carbons (Fsp3) is 0.286. The molecule has 0 aliphatic carbocycles. The Kier molecular flexibility index (Phi) is 3.38. The van der Waals surface area contributed by atoms with Crippen molar-refractivity contribution >= 4 is 6.29 Å². The molecule has 17 heavy (non-hydrogen) atoms. The summed E-state index contributed by atoms with van der Waals surface area (Å²) in [5.41, 5.74) is 2.99. The second kappa shape index (κ2) is 4.95. The van der Waals surface area contributed by atoms with E-state index in [4.69, 9.17) is 4.42 Å². The number of nitrogens with zero attached hydrogens (tertiary/aromatic N) is 1. The average Bonchev–Trinajstić information content (AvgIpc) is 2.76. The molecular weight excluding hydrogens is 214 g/mol. The summed E-state index contributed by atoms with van der Waals surface area (Å²) in [5.74, 6) is 0.893. The van der Waals surface area contributed by atoms with E-state index in [1.807, 2.05) is 38.1 Å². The fourth-order valence-electron chi connectivity index (χ4n) is 1.72. The first-order valence-electron chi connectivity index (χ1n) is 5.67. The molecule has 1 unspecified atom stereocenters. The number of aldehydes is 1. The first-order chi connectivity index (χ1) is 8.20. The molecule has 0 aliphatic rings. The monoisotopic (exact) mass is 229 g/mol. The van der Waals surface area contributed by atoms with Gasteiger partial charge in [-0.3, -0.25) is 0 Å². The Balaban J connectivity index is 2.21. The molecule has 3 heteroatoms. The molecule has 0 saturated heterocycles. The van der Waals surface area contributed by atoms with E-state index in [1.54, 1.807) is 6.26 Å². The van der Waals surface area contributed by atoms with E-state index in [2.05, 4.69) is 4.98 Å². The van der Waals surface area contributed by atoms with Gasteiger partial charge in [0.05, 0.1) is 5.69 Å². The summed E-state index contributed by atoms with van der Waals surface area (Å²) in [4.78, 5) is 14.7. The average molecular weight is 229 g/mol. The van der Waals surface area contributed by atoms with Crippen molar-refractivity contribution in [1.82, 2.24) is 4.98 Å². The molecule has 88 valence electrons. The maximum absolute atomic E-state index is 10.5. The maximum atomic E-state index is 10.5. The molecule has 0 aliphatic heterocycles. The van der Waals surface area contributed by atoms with E-state index in [0.29, 0.717) is 12.3 Å². The van der Waals surface area contributed by atoms with Gasteiger partial charge in [-0.25, -0.2) is 4.98 Å². The first kappa shape index (κ1) is 11.6. The van der Waals surface area contributed by atoms with Gasteiger partial charge in [-0.1, -0.05) is 19.1 Å². The van der Waals surface area contributed by atoms with Gasteiger partial charge in [-0.2, -0.15) is 0 Å². The zero-order chi connectivity index (χ0) is 12.3. The third kappa shape index (κ3) is 2.61. The highest BCUT2D eigenvalue weighted by atomic mass is 16.3. The number of hydrogen-bond acceptors (Lipinski definition) is 3. The van der Waals surface area contributed by atoms with Gasteiger partial charge < -0.3 is 9.21 Å². The number of aromatic nitrogens is 1. The van der Waals surface area contributed by atoms with Gasteiger partial charge in [0.25, 0.3) is 0 Å². The molecule has 3 nitrogen and oxygen atoms in total. The van der Waals surface area contributed by atoms with E-state index < -0.39 is 0 Å². The largest absolute Gasteiger partial charge is 0.444 e. The fourth-order valence-corrected chi connectivity index (χ4v) is 1.72. The quantitative estimate of drug-likeness (QED) is 0.755. The predicted octanol–water partition coefficient (Wildman–Crippen LogP) is 3.34. The van der Waals surface area contributed by atoms with Crippen LogP contribution in [0.5, 0.6) is 0 Å². The van der Waals surface area contributed by atoms with Crippen molar-refractivity contribution in [3.63, 3.8) is 0 Å². The molecule has 0 saturated carbocycles. The Morgan fingerprint density at radius 2 is 2.06 bits per heavy atom. The third-order valence-corrected chi connectivity index (χ3v) is 2.80. The van der Waals surface area contributed by atoms with Crippen molar-refractivity contribution in [2.75, 3.05) is 0 Å². The number of hydrogen-bond donors (Lipinski definition) is 0. The Morgan fingerprint density at radius 3 is 2.59 bits per heavy atom. The van der Waals surface area contributed by atoms with E-state index in [-0.39, 0.29) is 5.92 Å². The number of carbonyl (C=O) groups excluding carboxylic acids is 1. The summed E-state index contributed by atoms with van der Waals surface area (Å²) in [6, 6.07) is 7.98. The van der Waals surface area contributed by atoms with Crippen LogP contribution < -0.4 is 0 Å². The van der Waals surface area contributed by atoms with Crippen molar-refractivity contribution in [3.8, 4) is 11.5 Å². The highest BCUT2D eigenvalue weighted by Gasteiger charge is 2.07. The van der Waals surface area contributed by atoms with Crippen LogP contribution in [-0.2, 0) is 4.79 Å². The summed E-state index contributed by atoms with van der Waals surface area (Å²) >= 11 is 0. The normalized spacial score (nSPS) is 12.4. The van der Waals surface area contributed by atoms with Crippen LogP contribution in [0.15, 0.2) is 34.9 Å². The summed E-state index contributed by atoms with van der Waals surface area (Å²) < 4.78 is 5.33. The lowest BCUT2D eigenvalue weighted by Gasteiger charge is -2.07. The standard InChI is InChI=1S/C14H15NO2/c1-10(7-8-16)12-3-5-13(6-4-12)14-15-11(2)9-17-14/h3-6,8-10H,7H2,1-2H3. The van der Waals surface area contributed by atoms with Gasteiger partial charge in [0.1, 0.15) is 12.5 Å². The zero-order valence-corrected chi connectivity index (χ0v) is 10.0. The highest BCUT2D eigenvalue weighted by molar-refractivity contribution is 5.55. The molecule has 2 rings (SSSR count). The Hall–Kier alpha value is -1.90. The van der Waals surface area contributed by atoms with Crippen LogP contribution in [0, 0.1) is 6.92 Å². The van der Waals surface area contributed by atoms with E-state index in [9.17, 15) is 4.79 Å². The van der Waals surface area contributed by atoms with Crippen LogP contribution in [0.3, 0.4) is 0 Å². The molecule has 2 aromatic rings. The van der Waals surface area contributed by atoms with Crippen molar-refractivity contribution in [2.45, 2.75) is 26.2 Å². The van der Waals surface area contributed by atoms with Crippen molar-refractivity contribution in [2.24, 2.45) is 0 Å². The van der Waals surface area contributed by atoms with Crippen LogP contribution in [-0.4, -0.2) is 11.3 Å². The van der Waals surface area contributed by atoms with Gasteiger partial charge in [0.2, 0.25) is 5.89 Å². The lowest BCUT2D eigenvalue weighted by atomic mass is 9.97. The summed E-state index contributed by atoms with van der Waals surface area (Å²) in [7, 11) is 0. The maximum Gasteiger partial charge on any atom is 0.226 e. The SMILES string of the molecule is Cc1coc(-c2ccc(C(C)CC=O)cc2)n1. The number of benzene rings is 1. The van der Waals surface area contributed by atoms with Crippen LogP contribution >= 0.6 is 0 Å². The summed E-state index contributed by atoms with van der Waals surface area (Å²) in [5, 5.41) is 0. The van der Waals surface area contributed by atoms with Crippen LogP contribution in [0.2, 0.25) is 0 Å². The second-order valence-corrected chi connectivity index (χ2v) is 4.22. The Bertz CT molecular complexity index is 499. The lowest BCUT2D eigenvalue weighted by molar-refractivity contribution is -0.108. The smallest absolute Gasteiger partial charge is 0.226 e. The number of rotatable bonds is 4. The summed E-state index contributed by atoms with van der Waals surface area (Å²) in [6.07, 6.45) is 3.14. The van der Waals surface area contributed by atoms with Crippen molar-refractivity contribution in [1.29, 1.82) is 0 Å². The molecule has 1 aromatic carbocycles. The summed E-state index contributed by atoms with van der Waals surface area (Å²) in [6.45, 7) is 3.94. The lowest BCUT2D eigenvalue weighted by Crippen LogP contribution is -1.93. The van der Waals surface area contributed by atoms with E-state index in [0.717, 1.165) is 23.1 Å². The minimum atomic E-state index is 0.257. The molecule has 0 bridgehead atoms.